The van der Waals surface area contributed by atoms with Gasteiger partial charge in [0, 0.05) is 0 Å². The second kappa shape index (κ2) is 7.50. The minimum absolute atomic E-state index is 0.301. The predicted molar refractivity (Wildman–Crippen MR) is 58.8 cm³/mol. The van der Waals surface area contributed by atoms with E-state index < -0.39 is 0 Å². The Morgan fingerprint density at radius 1 is 1.33 bits per heavy atom. The summed E-state index contributed by atoms with van der Waals surface area (Å²) in [5.74, 6) is -0.301. The highest BCUT2D eigenvalue weighted by atomic mass is 16.5. The van der Waals surface area contributed by atoms with E-state index in [-0.39, 0.29) is 5.97 Å². The number of ether oxygens (including phenoxy) is 1. The van der Waals surface area contributed by atoms with Crippen LogP contribution in [0.3, 0.4) is 0 Å². The third kappa shape index (κ3) is 4.22. The van der Waals surface area contributed by atoms with E-state index in [0.29, 0.717) is 5.56 Å². The standard InChI is InChI=1S/C11H12O2.CH2O/c1-3-4-9-5-7-10(8-6-9)11(12)13-2;1-2/h3,5-8H,1,4H2,2H3;1H2. The van der Waals surface area contributed by atoms with E-state index in [2.05, 4.69) is 11.3 Å². The fourth-order valence-corrected chi connectivity index (χ4v) is 1.06. The molecular formula is C12H14O3. The molecule has 1 aromatic carbocycles. The van der Waals surface area contributed by atoms with Crippen LogP contribution in [0.25, 0.3) is 0 Å². The summed E-state index contributed by atoms with van der Waals surface area (Å²) in [6.45, 7) is 5.64. The van der Waals surface area contributed by atoms with Crippen LogP contribution in [0.1, 0.15) is 15.9 Å². The summed E-state index contributed by atoms with van der Waals surface area (Å²) >= 11 is 0. The molecule has 0 aliphatic carbocycles. The summed E-state index contributed by atoms with van der Waals surface area (Å²) in [5.41, 5.74) is 1.72. The molecule has 80 valence electrons. The Morgan fingerprint density at radius 3 is 2.27 bits per heavy atom. The maximum absolute atomic E-state index is 11.0. The van der Waals surface area contributed by atoms with E-state index in [9.17, 15) is 4.79 Å². The van der Waals surface area contributed by atoms with Crippen LogP contribution in [-0.2, 0) is 16.0 Å². The summed E-state index contributed by atoms with van der Waals surface area (Å²) in [6.07, 6.45) is 2.65. The SMILES string of the molecule is C=CCc1ccc(C(=O)OC)cc1.C=O. The van der Waals surface area contributed by atoms with Crippen LogP contribution in [-0.4, -0.2) is 19.9 Å². The Morgan fingerprint density at radius 2 is 1.87 bits per heavy atom. The molecule has 0 saturated heterocycles. The summed E-state index contributed by atoms with van der Waals surface area (Å²) in [6, 6.07) is 7.30. The van der Waals surface area contributed by atoms with Gasteiger partial charge in [0.2, 0.25) is 0 Å². The van der Waals surface area contributed by atoms with Gasteiger partial charge in [-0.15, -0.1) is 6.58 Å². The average Bonchev–Trinajstić information content (AvgIpc) is 2.32. The molecule has 1 aromatic rings. The number of hydrogen-bond donors (Lipinski definition) is 0. The summed E-state index contributed by atoms with van der Waals surface area (Å²) in [5, 5.41) is 0. The smallest absolute Gasteiger partial charge is 0.337 e. The van der Waals surface area contributed by atoms with Crippen LogP contribution in [0, 0.1) is 0 Å². The van der Waals surface area contributed by atoms with Crippen molar-refractivity contribution in [3.63, 3.8) is 0 Å². The van der Waals surface area contributed by atoms with Crippen molar-refractivity contribution in [2.75, 3.05) is 7.11 Å². The molecule has 0 atom stereocenters. The molecular weight excluding hydrogens is 192 g/mol. The molecule has 0 aliphatic rings. The molecule has 0 N–H and O–H groups in total. The molecule has 3 nitrogen and oxygen atoms in total. The van der Waals surface area contributed by atoms with E-state index in [1.54, 1.807) is 12.1 Å². The first-order chi connectivity index (χ1) is 7.27. The second-order valence-electron chi connectivity index (χ2n) is 2.68. The number of allylic oxidation sites excluding steroid dienone is 1. The number of carbonyl (C=O) groups excluding carboxylic acids is 2. The van der Waals surface area contributed by atoms with E-state index in [1.807, 2.05) is 25.0 Å². The van der Waals surface area contributed by atoms with Gasteiger partial charge in [-0.05, 0) is 24.1 Å². The number of esters is 1. The highest BCUT2D eigenvalue weighted by Crippen LogP contribution is 2.06. The van der Waals surface area contributed by atoms with Gasteiger partial charge in [-0.1, -0.05) is 18.2 Å². The fraction of sp³-hybridized carbons (Fsp3) is 0.167. The van der Waals surface area contributed by atoms with E-state index in [0.717, 1.165) is 12.0 Å². The lowest BCUT2D eigenvalue weighted by atomic mass is 10.1. The number of methoxy groups -OCH3 is 1. The van der Waals surface area contributed by atoms with Crippen molar-refractivity contribution in [2.45, 2.75) is 6.42 Å². The first-order valence-electron chi connectivity index (χ1n) is 4.35. The molecule has 0 radical (unpaired) electrons. The van der Waals surface area contributed by atoms with Gasteiger partial charge < -0.3 is 9.53 Å². The molecule has 0 spiro atoms. The fourth-order valence-electron chi connectivity index (χ4n) is 1.06. The van der Waals surface area contributed by atoms with Gasteiger partial charge in [-0.25, -0.2) is 4.79 Å². The summed E-state index contributed by atoms with van der Waals surface area (Å²) < 4.78 is 4.58. The number of carbonyl (C=O) groups is 2. The molecule has 0 heterocycles. The Labute approximate surface area is 89.4 Å². The zero-order chi connectivity index (χ0) is 11.7. The van der Waals surface area contributed by atoms with Crippen molar-refractivity contribution in [2.24, 2.45) is 0 Å². The van der Waals surface area contributed by atoms with Crippen molar-refractivity contribution in [1.82, 2.24) is 0 Å². The Kier molecular flexibility index (Phi) is 6.55. The Balaban J connectivity index is 0.000000921. The quantitative estimate of drug-likeness (QED) is 0.561. The lowest BCUT2D eigenvalue weighted by Gasteiger charge is -2.00. The highest BCUT2D eigenvalue weighted by Gasteiger charge is 2.02. The largest absolute Gasteiger partial charge is 0.465 e. The monoisotopic (exact) mass is 206 g/mol. The van der Waals surface area contributed by atoms with Crippen LogP contribution in [0.4, 0.5) is 0 Å². The first-order valence-corrected chi connectivity index (χ1v) is 4.35. The lowest BCUT2D eigenvalue weighted by molar-refractivity contribution is -0.0980. The van der Waals surface area contributed by atoms with Gasteiger partial charge in [0.1, 0.15) is 6.79 Å². The Bertz CT molecular complexity index is 314. The van der Waals surface area contributed by atoms with Crippen molar-refractivity contribution < 1.29 is 14.3 Å². The molecule has 1 rings (SSSR count). The van der Waals surface area contributed by atoms with E-state index in [1.165, 1.54) is 7.11 Å². The maximum atomic E-state index is 11.0. The molecule has 0 bridgehead atoms. The van der Waals surface area contributed by atoms with Crippen LogP contribution in [0.15, 0.2) is 36.9 Å². The molecule has 15 heavy (non-hydrogen) atoms. The third-order valence-electron chi connectivity index (χ3n) is 1.76. The third-order valence-corrected chi connectivity index (χ3v) is 1.76. The zero-order valence-electron chi connectivity index (χ0n) is 8.73. The van der Waals surface area contributed by atoms with E-state index >= 15 is 0 Å². The molecule has 3 heteroatoms. The Hall–Kier alpha value is -1.90. The summed E-state index contributed by atoms with van der Waals surface area (Å²) in [7, 11) is 1.37. The van der Waals surface area contributed by atoms with Crippen molar-refractivity contribution in [1.29, 1.82) is 0 Å². The van der Waals surface area contributed by atoms with Gasteiger partial charge in [-0.3, -0.25) is 0 Å². The molecule has 0 fully saturated rings. The number of hydrogen-bond acceptors (Lipinski definition) is 3. The minimum Gasteiger partial charge on any atom is -0.465 e. The molecule has 0 aromatic heterocycles. The van der Waals surface area contributed by atoms with Crippen LogP contribution in [0.2, 0.25) is 0 Å². The second-order valence-corrected chi connectivity index (χ2v) is 2.68. The molecule has 0 amide bonds. The van der Waals surface area contributed by atoms with Gasteiger partial charge >= 0.3 is 5.97 Å². The summed E-state index contributed by atoms with van der Waals surface area (Å²) in [4.78, 5) is 19.0. The molecule has 0 unspecified atom stereocenters. The van der Waals surface area contributed by atoms with Crippen molar-refractivity contribution in [3.05, 3.63) is 48.0 Å². The van der Waals surface area contributed by atoms with Crippen molar-refractivity contribution >= 4 is 12.8 Å². The van der Waals surface area contributed by atoms with Gasteiger partial charge in [0.15, 0.2) is 0 Å². The number of benzene rings is 1. The first kappa shape index (κ1) is 13.1. The predicted octanol–water partition coefficient (Wildman–Crippen LogP) is 2.02. The normalized spacial score (nSPS) is 8.33. The van der Waals surface area contributed by atoms with E-state index in [4.69, 9.17) is 4.79 Å². The van der Waals surface area contributed by atoms with Gasteiger partial charge in [-0.2, -0.15) is 0 Å². The average molecular weight is 206 g/mol. The van der Waals surface area contributed by atoms with Gasteiger partial charge in [0.25, 0.3) is 0 Å². The minimum atomic E-state index is -0.301. The van der Waals surface area contributed by atoms with Crippen molar-refractivity contribution in [3.8, 4) is 0 Å². The lowest BCUT2D eigenvalue weighted by Crippen LogP contribution is -2.00. The van der Waals surface area contributed by atoms with Crippen LogP contribution >= 0.6 is 0 Å². The zero-order valence-corrected chi connectivity index (χ0v) is 8.73. The van der Waals surface area contributed by atoms with Gasteiger partial charge in [0.05, 0.1) is 12.7 Å². The maximum Gasteiger partial charge on any atom is 0.337 e. The molecule has 0 aliphatic heterocycles. The molecule has 0 saturated carbocycles. The van der Waals surface area contributed by atoms with Crippen LogP contribution in [0.5, 0.6) is 0 Å². The highest BCUT2D eigenvalue weighted by molar-refractivity contribution is 5.89. The topological polar surface area (TPSA) is 43.4 Å². The number of rotatable bonds is 3. The van der Waals surface area contributed by atoms with Crippen LogP contribution < -0.4 is 0 Å².